The largest absolute Gasteiger partial charge is 0.484 e. The van der Waals surface area contributed by atoms with Crippen molar-refractivity contribution < 1.29 is 19.1 Å². The van der Waals surface area contributed by atoms with E-state index in [9.17, 15) is 14.4 Å². The smallest absolute Gasteiger partial charge is 0.258 e. The van der Waals surface area contributed by atoms with Crippen LogP contribution in [0.4, 0.5) is 5.69 Å². The molecule has 27 heavy (non-hydrogen) atoms. The van der Waals surface area contributed by atoms with Gasteiger partial charge in [0.1, 0.15) is 11.8 Å². The molecule has 0 fully saturated rings. The molecule has 0 heterocycles. The molecule has 0 aliphatic heterocycles. The predicted molar refractivity (Wildman–Crippen MR) is 102 cm³/mol. The lowest BCUT2D eigenvalue weighted by Gasteiger charge is -2.14. The third-order valence-corrected chi connectivity index (χ3v) is 3.62. The lowest BCUT2D eigenvalue weighted by atomic mass is 10.2. The molecule has 3 amide bonds. The topological polar surface area (TPSA) is 96.5 Å². The number of amides is 3. The highest BCUT2D eigenvalue weighted by atomic mass is 16.5. The number of nitrogens with one attached hydrogen (secondary N) is 3. The van der Waals surface area contributed by atoms with Crippen LogP contribution >= 0.6 is 0 Å². The van der Waals surface area contributed by atoms with Gasteiger partial charge < -0.3 is 20.7 Å². The van der Waals surface area contributed by atoms with Crippen molar-refractivity contribution >= 4 is 23.4 Å². The van der Waals surface area contributed by atoms with Crippen LogP contribution in [0, 0.1) is 0 Å². The van der Waals surface area contributed by atoms with Crippen LogP contribution in [0.5, 0.6) is 5.75 Å². The van der Waals surface area contributed by atoms with Gasteiger partial charge in [0, 0.05) is 19.2 Å². The van der Waals surface area contributed by atoms with Gasteiger partial charge in [-0.25, -0.2) is 0 Å². The summed E-state index contributed by atoms with van der Waals surface area (Å²) in [5, 5.41) is 8.02. The molecule has 1 atom stereocenters. The zero-order valence-electron chi connectivity index (χ0n) is 15.3. The van der Waals surface area contributed by atoms with E-state index in [0.29, 0.717) is 18.0 Å². The second-order valence-corrected chi connectivity index (χ2v) is 5.99. The molecule has 0 aliphatic rings. The molecule has 7 heteroatoms. The van der Waals surface area contributed by atoms with Gasteiger partial charge in [0.25, 0.3) is 5.91 Å². The number of ether oxygens (including phenoxy) is 1. The molecule has 3 N–H and O–H groups in total. The summed E-state index contributed by atoms with van der Waals surface area (Å²) in [6.07, 6.45) is 0. The molecule has 2 aromatic carbocycles. The molecule has 0 aromatic heterocycles. The van der Waals surface area contributed by atoms with Crippen molar-refractivity contribution in [1.29, 1.82) is 0 Å². The zero-order valence-corrected chi connectivity index (χ0v) is 15.3. The second kappa shape index (κ2) is 9.96. The van der Waals surface area contributed by atoms with Crippen molar-refractivity contribution in [3.05, 3.63) is 60.2 Å². The summed E-state index contributed by atoms with van der Waals surface area (Å²) in [6.45, 7) is 3.20. The van der Waals surface area contributed by atoms with E-state index in [4.69, 9.17) is 4.74 Å². The summed E-state index contributed by atoms with van der Waals surface area (Å²) >= 11 is 0. The van der Waals surface area contributed by atoms with Gasteiger partial charge in [0.15, 0.2) is 6.61 Å². The van der Waals surface area contributed by atoms with Crippen molar-refractivity contribution in [3.8, 4) is 5.75 Å². The van der Waals surface area contributed by atoms with Crippen LogP contribution in [0.2, 0.25) is 0 Å². The summed E-state index contributed by atoms with van der Waals surface area (Å²) < 4.78 is 5.34. The van der Waals surface area contributed by atoms with Crippen LogP contribution in [0.25, 0.3) is 0 Å². The van der Waals surface area contributed by atoms with Crippen molar-refractivity contribution in [2.45, 2.75) is 26.4 Å². The minimum Gasteiger partial charge on any atom is -0.484 e. The van der Waals surface area contributed by atoms with Crippen LogP contribution in [0.3, 0.4) is 0 Å². The fraction of sp³-hybridized carbons (Fsp3) is 0.250. The Morgan fingerprint density at radius 3 is 2.30 bits per heavy atom. The van der Waals surface area contributed by atoms with E-state index in [1.54, 1.807) is 31.2 Å². The third kappa shape index (κ3) is 7.19. The molecule has 0 saturated heterocycles. The molecular weight excluding hydrogens is 346 g/mol. The van der Waals surface area contributed by atoms with E-state index in [1.807, 2.05) is 30.3 Å². The maximum atomic E-state index is 12.1. The van der Waals surface area contributed by atoms with E-state index < -0.39 is 6.04 Å². The van der Waals surface area contributed by atoms with Gasteiger partial charge in [0.2, 0.25) is 11.8 Å². The lowest BCUT2D eigenvalue weighted by Crippen LogP contribution is -2.46. The van der Waals surface area contributed by atoms with Gasteiger partial charge in [-0.1, -0.05) is 30.3 Å². The fourth-order valence-electron chi connectivity index (χ4n) is 2.27. The van der Waals surface area contributed by atoms with E-state index in [0.717, 1.165) is 5.56 Å². The molecule has 0 bridgehead atoms. The van der Waals surface area contributed by atoms with Gasteiger partial charge in [-0.05, 0) is 36.8 Å². The Morgan fingerprint density at radius 1 is 1.00 bits per heavy atom. The number of hydrogen-bond donors (Lipinski definition) is 3. The Balaban J connectivity index is 1.73. The first-order valence-electron chi connectivity index (χ1n) is 8.55. The number of benzene rings is 2. The molecule has 0 aliphatic carbocycles. The van der Waals surface area contributed by atoms with E-state index in [1.165, 1.54) is 6.92 Å². The Kier molecular flexibility index (Phi) is 7.37. The summed E-state index contributed by atoms with van der Waals surface area (Å²) in [5.74, 6) is -0.223. The van der Waals surface area contributed by atoms with Gasteiger partial charge in [-0.2, -0.15) is 0 Å². The van der Waals surface area contributed by atoms with Crippen LogP contribution < -0.4 is 20.7 Å². The van der Waals surface area contributed by atoms with Crippen molar-refractivity contribution in [1.82, 2.24) is 10.6 Å². The van der Waals surface area contributed by atoms with Crippen LogP contribution in [-0.2, 0) is 20.9 Å². The van der Waals surface area contributed by atoms with Crippen LogP contribution in [-0.4, -0.2) is 30.4 Å². The van der Waals surface area contributed by atoms with Gasteiger partial charge in [-0.15, -0.1) is 0 Å². The number of para-hydroxylation sites is 1. The molecule has 0 unspecified atom stereocenters. The highest BCUT2D eigenvalue weighted by Gasteiger charge is 2.15. The minimum absolute atomic E-state index is 0.142. The predicted octanol–water partition coefficient (Wildman–Crippen LogP) is 1.84. The first-order chi connectivity index (χ1) is 12.9. The van der Waals surface area contributed by atoms with Crippen LogP contribution in [0.1, 0.15) is 19.4 Å². The summed E-state index contributed by atoms with van der Waals surface area (Å²) in [4.78, 5) is 35.0. The van der Waals surface area contributed by atoms with Gasteiger partial charge in [-0.3, -0.25) is 14.4 Å². The quantitative estimate of drug-likeness (QED) is 0.662. The Bertz CT molecular complexity index is 776. The number of carbonyl (C=O) groups is 3. The van der Waals surface area contributed by atoms with Gasteiger partial charge in [0.05, 0.1) is 0 Å². The summed E-state index contributed by atoms with van der Waals surface area (Å²) in [7, 11) is 0. The molecule has 0 spiro atoms. The third-order valence-electron chi connectivity index (χ3n) is 3.62. The number of rotatable bonds is 8. The Morgan fingerprint density at radius 2 is 1.67 bits per heavy atom. The van der Waals surface area contributed by atoms with E-state index in [-0.39, 0.29) is 24.3 Å². The highest BCUT2D eigenvalue weighted by molar-refractivity contribution is 5.89. The molecule has 0 saturated carbocycles. The number of hydrogen-bond acceptors (Lipinski definition) is 4. The van der Waals surface area contributed by atoms with Crippen LogP contribution in [0.15, 0.2) is 54.6 Å². The molecule has 142 valence electrons. The van der Waals surface area contributed by atoms with E-state index >= 15 is 0 Å². The number of anilines is 1. The van der Waals surface area contributed by atoms with Crippen molar-refractivity contribution in [2.75, 3.05) is 11.9 Å². The normalized spacial score (nSPS) is 11.2. The highest BCUT2D eigenvalue weighted by Crippen LogP contribution is 2.09. The van der Waals surface area contributed by atoms with Gasteiger partial charge >= 0.3 is 0 Å². The molecule has 0 radical (unpaired) electrons. The first kappa shape index (κ1) is 20.0. The summed E-state index contributed by atoms with van der Waals surface area (Å²) in [6, 6.07) is 15.4. The SMILES string of the molecule is CC(=O)Nc1ccc(CNC(=O)[C@H](C)NC(=O)COc2ccccc2)cc1. The molecule has 7 nitrogen and oxygen atoms in total. The standard InChI is InChI=1S/C20H23N3O4/c1-14(22-19(25)13-27-18-6-4-3-5-7-18)20(26)21-12-16-8-10-17(11-9-16)23-15(2)24/h3-11,14H,12-13H2,1-2H3,(H,21,26)(H,22,25)(H,23,24)/t14-/m0/s1. The van der Waals surface area contributed by atoms with E-state index in [2.05, 4.69) is 16.0 Å². The average Bonchev–Trinajstić information content (AvgIpc) is 2.66. The number of carbonyl (C=O) groups excluding carboxylic acids is 3. The molecular formula is C20H23N3O4. The van der Waals surface area contributed by atoms with Crippen molar-refractivity contribution in [2.24, 2.45) is 0 Å². The molecule has 2 aromatic rings. The Labute approximate surface area is 158 Å². The summed E-state index contributed by atoms with van der Waals surface area (Å²) in [5.41, 5.74) is 1.57. The van der Waals surface area contributed by atoms with Crippen molar-refractivity contribution in [3.63, 3.8) is 0 Å². The zero-order chi connectivity index (χ0) is 19.6. The lowest BCUT2D eigenvalue weighted by molar-refractivity contribution is -0.129. The average molecular weight is 369 g/mol. The minimum atomic E-state index is -0.685. The first-order valence-corrected chi connectivity index (χ1v) is 8.55. The Hall–Kier alpha value is -3.35. The maximum absolute atomic E-state index is 12.1. The monoisotopic (exact) mass is 369 g/mol. The fourth-order valence-corrected chi connectivity index (χ4v) is 2.27. The maximum Gasteiger partial charge on any atom is 0.258 e. The second-order valence-electron chi connectivity index (χ2n) is 5.99. The molecule has 2 rings (SSSR count).